The molecule has 0 saturated carbocycles. The minimum atomic E-state index is -0.275. The molecule has 0 aliphatic carbocycles. The van der Waals surface area contributed by atoms with Gasteiger partial charge in [0, 0.05) is 37.1 Å². The molecule has 2 amide bonds. The Labute approximate surface area is 158 Å². The fourth-order valence-corrected chi connectivity index (χ4v) is 2.94. The highest BCUT2D eigenvalue weighted by Gasteiger charge is 2.15. The molecule has 0 spiro atoms. The van der Waals surface area contributed by atoms with Gasteiger partial charge < -0.3 is 10.2 Å². The zero-order chi connectivity index (χ0) is 19.1. The number of anilines is 1. The van der Waals surface area contributed by atoms with E-state index in [1.54, 1.807) is 41.3 Å². The number of nitrogens with one attached hydrogen (secondary N) is 1. The highest BCUT2D eigenvalue weighted by atomic mass is 35.5. The van der Waals surface area contributed by atoms with Crippen LogP contribution in [0.1, 0.15) is 24.5 Å². The van der Waals surface area contributed by atoms with Crippen LogP contribution in [0, 0.1) is 12.7 Å². The van der Waals surface area contributed by atoms with Crippen molar-refractivity contribution in [3.63, 3.8) is 0 Å². The Hall–Kier alpha value is -2.40. The number of amides is 2. The Morgan fingerprint density at radius 2 is 1.92 bits per heavy atom. The topological polar surface area (TPSA) is 49.4 Å². The van der Waals surface area contributed by atoms with E-state index >= 15 is 0 Å². The molecule has 0 unspecified atom stereocenters. The summed E-state index contributed by atoms with van der Waals surface area (Å²) in [5, 5.41) is 3.36. The molecule has 0 heterocycles. The minimum Gasteiger partial charge on any atom is -0.356 e. The van der Waals surface area contributed by atoms with Crippen molar-refractivity contribution in [3.8, 4) is 0 Å². The number of aryl methyl sites for hydroxylation is 1. The van der Waals surface area contributed by atoms with E-state index in [-0.39, 0.29) is 30.6 Å². The molecule has 0 aromatic heterocycles. The normalized spacial score (nSPS) is 10.5. The number of halogens is 2. The smallest absolute Gasteiger partial charge is 0.223 e. The van der Waals surface area contributed by atoms with E-state index in [0.29, 0.717) is 23.6 Å². The molecule has 1 N–H and O–H groups in total. The quantitative estimate of drug-likeness (QED) is 0.797. The summed E-state index contributed by atoms with van der Waals surface area (Å²) in [6.07, 6.45) is 0.587. The van der Waals surface area contributed by atoms with Crippen LogP contribution in [0.25, 0.3) is 0 Å². The van der Waals surface area contributed by atoms with E-state index in [1.807, 2.05) is 6.92 Å². The maximum absolute atomic E-state index is 13.5. The number of carbonyl (C=O) groups is 2. The van der Waals surface area contributed by atoms with Gasteiger partial charge >= 0.3 is 0 Å². The van der Waals surface area contributed by atoms with Crippen molar-refractivity contribution in [2.45, 2.75) is 26.7 Å². The summed E-state index contributed by atoms with van der Waals surface area (Å²) >= 11 is 5.95. The lowest BCUT2D eigenvalue weighted by Gasteiger charge is -2.23. The van der Waals surface area contributed by atoms with Gasteiger partial charge in [0.25, 0.3) is 0 Å². The molecule has 2 aromatic carbocycles. The third-order valence-corrected chi connectivity index (χ3v) is 4.30. The Morgan fingerprint density at radius 3 is 2.58 bits per heavy atom. The van der Waals surface area contributed by atoms with Crippen LogP contribution in [-0.4, -0.2) is 24.9 Å². The number of carbonyl (C=O) groups excluding carboxylic acids is 2. The van der Waals surface area contributed by atoms with Gasteiger partial charge in [0.05, 0.1) is 0 Å². The Kier molecular flexibility index (Phi) is 7.16. The summed E-state index contributed by atoms with van der Waals surface area (Å²) in [4.78, 5) is 25.6. The van der Waals surface area contributed by atoms with Gasteiger partial charge in [0.2, 0.25) is 11.8 Å². The van der Waals surface area contributed by atoms with Crippen molar-refractivity contribution in [1.29, 1.82) is 0 Å². The average molecular weight is 377 g/mol. The molecule has 0 aliphatic rings. The van der Waals surface area contributed by atoms with Gasteiger partial charge in [0.15, 0.2) is 0 Å². The molecule has 0 bridgehead atoms. The molecule has 138 valence electrons. The zero-order valence-corrected chi connectivity index (χ0v) is 15.6. The highest BCUT2D eigenvalue weighted by Crippen LogP contribution is 2.24. The second-order valence-electron chi connectivity index (χ2n) is 6.04. The highest BCUT2D eigenvalue weighted by molar-refractivity contribution is 6.30. The van der Waals surface area contributed by atoms with Crippen LogP contribution in [0.3, 0.4) is 0 Å². The molecule has 2 aromatic rings. The molecule has 0 saturated heterocycles. The Morgan fingerprint density at radius 1 is 1.19 bits per heavy atom. The van der Waals surface area contributed by atoms with E-state index in [4.69, 9.17) is 11.6 Å². The van der Waals surface area contributed by atoms with Crippen LogP contribution in [0.5, 0.6) is 0 Å². The van der Waals surface area contributed by atoms with E-state index in [1.165, 1.54) is 13.0 Å². The van der Waals surface area contributed by atoms with Gasteiger partial charge in [-0.2, -0.15) is 0 Å². The summed E-state index contributed by atoms with van der Waals surface area (Å²) in [5.41, 5.74) is 2.17. The van der Waals surface area contributed by atoms with Crippen LogP contribution < -0.4 is 10.2 Å². The molecule has 2 rings (SSSR count). The first-order valence-electron chi connectivity index (χ1n) is 8.43. The SMILES string of the molecule is CC(=O)N(CCC(=O)NCCc1ccccc1F)c1ccc(Cl)cc1C. The summed E-state index contributed by atoms with van der Waals surface area (Å²) in [6, 6.07) is 11.8. The van der Waals surface area contributed by atoms with Gasteiger partial charge in [-0.05, 0) is 48.7 Å². The summed E-state index contributed by atoms with van der Waals surface area (Å²) in [7, 11) is 0. The largest absolute Gasteiger partial charge is 0.356 e. The summed E-state index contributed by atoms with van der Waals surface area (Å²) in [5.74, 6) is -0.600. The predicted molar refractivity (Wildman–Crippen MR) is 102 cm³/mol. The molecule has 0 atom stereocenters. The molecule has 0 fully saturated rings. The third-order valence-electron chi connectivity index (χ3n) is 4.07. The zero-order valence-electron chi connectivity index (χ0n) is 14.9. The second kappa shape index (κ2) is 9.34. The number of rotatable bonds is 7. The number of nitrogens with zero attached hydrogens (tertiary/aromatic N) is 1. The first-order valence-corrected chi connectivity index (χ1v) is 8.80. The fraction of sp³-hybridized carbons (Fsp3) is 0.300. The number of hydrogen-bond acceptors (Lipinski definition) is 2. The monoisotopic (exact) mass is 376 g/mol. The first kappa shape index (κ1) is 19.9. The van der Waals surface area contributed by atoms with Crippen molar-refractivity contribution in [2.75, 3.05) is 18.0 Å². The maximum Gasteiger partial charge on any atom is 0.223 e. The lowest BCUT2D eigenvalue weighted by atomic mass is 10.1. The summed E-state index contributed by atoms with van der Waals surface area (Å²) in [6.45, 7) is 3.94. The van der Waals surface area contributed by atoms with Gasteiger partial charge in [-0.3, -0.25) is 9.59 Å². The van der Waals surface area contributed by atoms with Gasteiger partial charge in [-0.1, -0.05) is 29.8 Å². The predicted octanol–water partition coefficient (Wildman–Crippen LogP) is 3.89. The van der Waals surface area contributed by atoms with Crippen molar-refractivity contribution >= 4 is 29.1 Å². The molecule has 26 heavy (non-hydrogen) atoms. The van der Waals surface area contributed by atoms with Crippen molar-refractivity contribution < 1.29 is 14.0 Å². The first-order chi connectivity index (χ1) is 12.4. The molecule has 4 nitrogen and oxygen atoms in total. The maximum atomic E-state index is 13.5. The lowest BCUT2D eigenvalue weighted by molar-refractivity contribution is -0.121. The Bertz CT molecular complexity index is 795. The Balaban J connectivity index is 1.87. The van der Waals surface area contributed by atoms with E-state index in [0.717, 1.165) is 11.3 Å². The molecule has 0 radical (unpaired) electrons. The average Bonchev–Trinajstić information content (AvgIpc) is 2.58. The minimum absolute atomic E-state index is 0.144. The number of benzene rings is 2. The molecular weight excluding hydrogens is 355 g/mol. The van der Waals surface area contributed by atoms with Crippen LogP contribution in [0.4, 0.5) is 10.1 Å². The fourth-order valence-electron chi connectivity index (χ4n) is 2.71. The lowest BCUT2D eigenvalue weighted by Crippen LogP contribution is -2.34. The van der Waals surface area contributed by atoms with Crippen LogP contribution in [0.15, 0.2) is 42.5 Å². The van der Waals surface area contributed by atoms with Crippen LogP contribution in [-0.2, 0) is 16.0 Å². The number of hydrogen-bond donors (Lipinski definition) is 1. The third kappa shape index (κ3) is 5.56. The molecule has 0 aliphatic heterocycles. The van der Waals surface area contributed by atoms with E-state index in [2.05, 4.69) is 5.32 Å². The van der Waals surface area contributed by atoms with Crippen LogP contribution >= 0.6 is 11.6 Å². The van der Waals surface area contributed by atoms with Gasteiger partial charge in [-0.15, -0.1) is 0 Å². The van der Waals surface area contributed by atoms with Crippen LogP contribution in [0.2, 0.25) is 5.02 Å². The molecular formula is C20H22ClFN2O2. The van der Waals surface area contributed by atoms with Gasteiger partial charge in [0.1, 0.15) is 5.82 Å². The van der Waals surface area contributed by atoms with Gasteiger partial charge in [-0.25, -0.2) is 4.39 Å². The van der Waals surface area contributed by atoms with Crippen molar-refractivity contribution in [2.24, 2.45) is 0 Å². The molecule has 6 heteroatoms. The second-order valence-corrected chi connectivity index (χ2v) is 6.48. The van der Waals surface area contributed by atoms with E-state index < -0.39 is 0 Å². The van der Waals surface area contributed by atoms with Crippen molar-refractivity contribution in [1.82, 2.24) is 5.32 Å². The van der Waals surface area contributed by atoms with E-state index in [9.17, 15) is 14.0 Å². The van der Waals surface area contributed by atoms with Crippen molar-refractivity contribution in [3.05, 3.63) is 64.4 Å². The standard InChI is InChI=1S/C20H22ClFN2O2/c1-14-13-17(21)7-8-19(14)24(15(2)25)12-10-20(26)23-11-9-16-5-3-4-6-18(16)22/h3-8,13H,9-12H2,1-2H3,(H,23,26). The summed E-state index contributed by atoms with van der Waals surface area (Å²) < 4.78 is 13.5.